The van der Waals surface area contributed by atoms with Crippen molar-refractivity contribution in [1.82, 2.24) is 10.6 Å². The fourth-order valence-electron chi connectivity index (χ4n) is 2.31. The first-order valence-electron chi connectivity index (χ1n) is 9.46. The van der Waals surface area contributed by atoms with E-state index in [1.54, 1.807) is 24.3 Å². The largest absolute Gasteiger partial charge is 0.454 e. The van der Waals surface area contributed by atoms with Crippen molar-refractivity contribution in [3.63, 3.8) is 0 Å². The van der Waals surface area contributed by atoms with Crippen LogP contribution in [-0.2, 0) is 19.1 Å². The lowest BCUT2D eigenvalue weighted by molar-refractivity contribution is -0.147. The van der Waals surface area contributed by atoms with Crippen LogP contribution in [0.5, 0.6) is 0 Å². The average molecular weight is 389 g/mol. The lowest BCUT2D eigenvalue weighted by Gasteiger charge is -2.09. The van der Waals surface area contributed by atoms with E-state index in [9.17, 15) is 19.2 Å². The minimum atomic E-state index is -0.689. The molecule has 8 nitrogen and oxygen atoms in total. The summed E-state index contributed by atoms with van der Waals surface area (Å²) in [4.78, 5) is 47.1. The first kappa shape index (κ1) is 21.4. The molecule has 1 aliphatic rings. The quantitative estimate of drug-likeness (QED) is 0.526. The van der Waals surface area contributed by atoms with Crippen molar-refractivity contribution in [2.45, 2.75) is 45.6 Å². The van der Waals surface area contributed by atoms with E-state index in [0.717, 1.165) is 19.3 Å². The van der Waals surface area contributed by atoms with Gasteiger partial charge in [0.1, 0.15) is 6.54 Å². The number of carbonyl (C=O) groups excluding carboxylic acids is 4. The molecule has 3 N–H and O–H groups in total. The zero-order valence-corrected chi connectivity index (χ0v) is 16.2. The standard InChI is InChI=1S/C20H27N3O5/c1-13(2)6-9-17(24)21-11-19(26)28-12-18(25)22-16-5-3-4-14(10-16)20(27)23-15-7-8-15/h3-5,10,13,15H,6-9,11-12H2,1-2H3,(H,21,24)(H,22,25)(H,23,27). The van der Waals surface area contributed by atoms with Gasteiger partial charge in [0.2, 0.25) is 5.91 Å². The van der Waals surface area contributed by atoms with Gasteiger partial charge in [0.25, 0.3) is 11.8 Å². The van der Waals surface area contributed by atoms with Crippen molar-refractivity contribution in [3.05, 3.63) is 29.8 Å². The summed E-state index contributed by atoms with van der Waals surface area (Å²) in [6.07, 6.45) is 3.06. The highest BCUT2D eigenvalue weighted by Gasteiger charge is 2.23. The number of amides is 3. The molecule has 0 radical (unpaired) electrons. The Hall–Kier alpha value is -2.90. The highest BCUT2D eigenvalue weighted by atomic mass is 16.5. The van der Waals surface area contributed by atoms with E-state index < -0.39 is 18.5 Å². The molecule has 0 heterocycles. The second-order valence-corrected chi connectivity index (χ2v) is 7.25. The molecule has 0 spiro atoms. The van der Waals surface area contributed by atoms with Crippen molar-refractivity contribution in [1.29, 1.82) is 0 Å². The van der Waals surface area contributed by atoms with Gasteiger partial charge in [-0.15, -0.1) is 0 Å². The summed E-state index contributed by atoms with van der Waals surface area (Å²) in [7, 11) is 0. The third-order valence-electron chi connectivity index (χ3n) is 4.06. The van der Waals surface area contributed by atoms with E-state index in [0.29, 0.717) is 23.6 Å². The molecule has 28 heavy (non-hydrogen) atoms. The SMILES string of the molecule is CC(C)CCC(=O)NCC(=O)OCC(=O)Nc1cccc(C(=O)NC2CC2)c1. The fourth-order valence-corrected chi connectivity index (χ4v) is 2.31. The third kappa shape index (κ3) is 8.20. The van der Waals surface area contributed by atoms with Gasteiger partial charge >= 0.3 is 5.97 Å². The molecular weight excluding hydrogens is 362 g/mol. The molecule has 2 rings (SSSR count). The molecule has 3 amide bonds. The first-order chi connectivity index (χ1) is 13.3. The number of hydrogen-bond donors (Lipinski definition) is 3. The zero-order valence-electron chi connectivity index (χ0n) is 16.2. The highest BCUT2D eigenvalue weighted by molar-refractivity contribution is 5.98. The normalized spacial score (nSPS) is 13.0. The monoisotopic (exact) mass is 389 g/mol. The number of hydrogen-bond acceptors (Lipinski definition) is 5. The van der Waals surface area contributed by atoms with Crippen LogP contribution in [0.15, 0.2) is 24.3 Å². The summed E-state index contributed by atoms with van der Waals surface area (Å²) in [6.45, 7) is 3.27. The predicted molar refractivity (Wildman–Crippen MR) is 104 cm³/mol. The van der Waals surface area contributed by atoms with Crippen molar-refractivity contribution >= 4 is 29.4 Å². The Balaban J connectivity index is 1.69. The summed E-state index contributed by atoms with van der Waals surface area (Å²) in [5.74, 6) is -1.22. The van der Waals surface area contributed by atoms with Gasteiger partial charge in [0.15, 0.2) is 6.61 Å². The summed E-state index contributed by atoms with van der Waals surface area (Å²) < 4.78 is 4.85. The minimum Gasteiger partial charge on any atom is -0.454 e. The van der Waals surface area contributed by atoms with Crippen molar-refractivity contribution in [2.75, 3.05) is 18.5 Å². The van der Waals surface area contributed by atoms with Gasteiger partial charge in [-0.2, -0.15) is 0 Å². The second kappa shape index (κ2) is 10.4. The van der Waals surface area contributed by atoms with Crippen LogP contribution in [0.1, 0.15) is 49.9 Å². The summed E-state index contributed by atoms with van der Waals surface area (Å²) in [5, 5.41) is 7.91. The summed E-state index contributed by atoms with van der Waals surface area (Å²) in [5.41, 5.74) is 0.886. The predicted octanol–water partition coefficient (Wildman–Crippen LogP) is 1.61. The molecule has 1 aliphatic carbocycles. The van der Waals surface area contributed by atoms with Crippen LogP contribution in [0, 0.1) is 5.92 Å². The van der Waals surface area contributed by atoms with Crippen molar-refractivity contribution in [2.24, 2.45) is 5.92 Å². The molecular formula is C20H27N3O5. The Morgan fingerprint density at radius 2 is 1.89 bits per heavy atom. The molecule has 0 bridgehead atoms. The number of esters is 1. The molecule has 0 saturated heterocycles. The number of anilines is 1. The molecule has 1 fully saturated rings. The zero-order chi connectivity index (χ0) is 20.5. The van der Waals surface area contributed by atoms with Crippen LogP contribution in [0.25, 0.3) is 0 Å². The number of benzene rings is 1. The maximum atomic E-state index is 12.0. The lowest BCUT2D eigenvalue weighted by Crippen LogP contribution is -2.32. The fraction of sp³-hybridized carbons (Fsp3) is 0.500. The highest BCUT2D eigenvalue weighted by Crippen LogP contribution is 2.20. The molecule has 1 aromatic carbocycles. The van der Waals surface area contributed by atoms with Crippen LogP contribution >= 0.6 is 0 Å². The van der Waals surface area contributed by atoms with Crippen LogP contribution in [0.2, 0.25) is 0 Å². The van der Waals surface area contributed by atoms with Crippen LogP contribution in [0.3, 0.4) is 0 Å². The van der Waals surface area contributed by atoms with E-state index >= 15 is 0 Å². The number of rotatable bonds is 10. The van der Waals surface area contributed by atoms with E-state index in [-0.39, 0.29) is 24.4 Å². The lowest BCUT2D eigenvalue weighted by atomic mass is 10.1. The molecule has 1 aromatic rings. The first-order valence-corrected chi connectivity index (χ1v) is 9.46. The van der Waals surface area contributed by atoms with E-state index in [1.807, 2.05) is 13.8 Å². The molecule has 0 aliphatic heterocycles. The Morgan fingerprint density at radius 3 is 2.57 bits per heavy atom. The minimum absolute atomic E-state index is 0.182. The van der Waals surface area contributed by atoms with Crippen LogP contribution in [0.4, 0.5) is 5.69 Å². The van der Waals surface area contributed by atoms with Crippen LogP contribution < -0.4 is 16.0 Å². The molecule has 0 atom stereocenters. The van der Waals surface area contributed by atoms with E-state index in [4.69, 9.17) is 4.74 Å². The Kier molecular flexibility index (Phi) is 7.98. The Labute approximate surface area is 164 Å². The summed E-state index contributed by atoms with van der Waals surface area (Å²) in [6, 6.07) is 6.77. The van der Waals surface area contributed by atoms with Gasteiger partial charge in [0.05, 0.1) is 0 Å². The summed E-state index contributed by atoms with van der Waals surface area (Å²) >= 11 is 0. The van der Waals surface area contributed by atoms with Crippen molar-refractivity contribution in [3.8, 4) is 0 Å². The smallest absolute Gasteiger partial charge is 0.325 e. The van der Waals surface area contributed by atoms with E-state index in [2.05, 4.69) is 16.0 Å². The third-order valence-corrected chi connectivity index (χ3v) is 4.06. The van der Waals surface area contributed by atoms with Crippen LogP contribution in [-0.4, -0.2) is 42.9 Å². The maximum absolute atomic E-state index is 12.0. The van der Waals surface area contributed by atoms with Gasteiger partial charge in [-0.3, -0.25) is 19.2 Å². The van der Waals surface area contributed by atoms with Gasteiger partial charge in [-0.1, -0.05) is 19.9 Å². The molecule has 152 valence electrons. The molecule has 0 unspecified atom stereocenters. The molecule has 8 heteroatoms. The van der Waals surface area contributed by atoms with Crippen molar-refractivity contribution < 1.29 is 23.9 Å². The van der Waals surface area contributed by atoms with E-state index in [1.165, 1.54) is 0 Å². The van der Waals surface area contributed by atoms with Gasteiger partial charge < -0.3 is 20.7 Å². The Morgan fingerprint density at radius 1 is 1.14 bits per heavy atom. The number of nitrogens with one attached hydrogen (secondary N) is 3. The molecule has 0 aromatic heterocycles. The number of ether oxygens (including phenoxy) is 1. The van der Waals surface area contributed by atoms with Gasteiger partial charge in [-0.05, 0) is 43.4 Å². The average Bonchev–Trinajstić information content (AvgIpc) is 3.47. The van der Waals surface area contributed by atoms with Gasteiger partial charge in [-0.25, -0.2) is 0 Å². The maximum Gasteiger partial charge on any atom is 0.325 e. The van der Waals surface area contributed by atoms with Gasteiger partial charge in [0, 0.05) is 23.7 Å². The second-order valence-electron chi connectivity index (χ2n) is 7.25. The topological polar surface area (TPSA) is 114 Å². The Bertz CT molecular complexity index is 728. The molecule has 1 saturated carbocycles. The number of carbonyl (C=O) groups is 4.